The Kier molecular flexibility index (Phi) is 8.79. The summed E-state index contributed by atoms with van der Waals surface area (Å²) in [6.45, 7) is 4.11. The highest BCUT2D eigenvalue weighted by Crippen LogP contribution is 2.14. The van der Waals surface area contributed by atoms with Crippen LogP contribution in [0, 0.1) is 0 Å². The Labute approximate surface area is 72.4 Å². The van der Waals surface area contributed by atoms with Gasteiger partial charge in [-0.15, -0.1) is 8.58 Å². The van der Waals surface area contributed by atoms with Crippen molar-refractivity contribution in [3.05, 3.63) is 0 Å². The molecule has 1 N–H and O–H groups in total. The van der Waals surface area contributed by atoms with Gasteiger partial charge >= 0.3 is 0 Å². The summed E-state index contributed by atoms with van der Waals surface area (Å²) in [5.74, 6) is 0. The second-order valence-corrected chi connectivity index (χ2v) is 4.59. The van der Waals surface area contributed by atoms with Gasteiger partial charge in [0.15, 0.2) is 0 Å². The minimum atomic E-state index is -0.0930. The van der Waals surface area contributed by atoms with Gasteiger partial charge in [-0.25, -0.2) is 0 Å². The monoisotopic (exact) mass is 176 g/mol. The van der Waals surface area contributed by atoms with E-state index in [-0.39, 0.29) is 6.10 Å². The molecule has 0 aliphatic rings. The van der Waals surface area contributed by atoms with Crippen LogP contribution >= 0.6 is 8.58 Å². The van der Waals surface area contributed by atoms with Crippen molar-refractivity contribution in [2.24, 2.45) is 0 Å². The molecular formula is C9H21OP. The highest BCUT2D eigenvalue weighted by Gasteiger charge is 1.94. The fraction of sp³-hybridized carbons (Fsp3) is 1.00. The van der Waals surface area contributed by atoms with Gasteiger partial charge in [0.05, 0.1) is 6.10 Å². The first-order valence-electron chi connectivity index (χ1n) is 4.66. The first-order chi connectivity index (χ1) is 5.27. The molecule has 0 spiro atoms. The Morgan fingerprint density at radius 2 is 2.00 bits per heavy atom. The van der Waals surface area contributed by atoms with Crippen molar-refractivity contribution in [2.75, 3.05) is 12.3 Å². The molecule has 2 heteroatoms. The zero-order valence-corrected chi connectivity index (χ0v) is 8.77. The molecule has 68 valence electrons. The van der Waals surface area contributed by atoms with Gasteiger partial charge in [0.2, 0.25) is 0 Å². The minimum absolute atomic E-state index is 0.0930. The van der Waals surface area contributed by atoms with E-state index in [1.165, 1.54) is 31.6 Å². The van der Waals surface area contributed by atoms with Crippen molar-refractivity contribution < 1.29 is 5.11 Å². The van der Waals surface area contributed by atoms with Crippen LogP contribution in [0.4, 0.5) is 0 Å². The summed E-state index contributed by atoms with van der Waals surface area (Å²) < 4.78 is 0. The van der Waals surface area contributed by atoms with E-state index >= 15 is 0 Å². The predicted molar refractivity (Wildman–Crippen MR) is 53.9 cm³/mol. The Bertz CT molecular complexity index is 74.0. The normalized spacial score (nSPS) is 14.5. The lowest BCUT2D eigenvalue weighted by Crippen LogP contribution is -1.98. The Balaban J connectivity index is 2.80. The molecule has 0 bridgehead atoms. The van der Waals surface area contributed by atoms with Gasteiger partial charge in [-0.05, 0) is 32.1 Å². The van der Waals surface area contributed by atoms with Crippen LogP contribution < -0.4 is 0 Å². The van der Waals surface area contributed by atoms with E-state index in [9.17, 15) is 0 Å². The van der Waals surface area contributed by atoms with Crippen LogP contribution in [0.15, 0.2) is 0 Å². The Morgan fingerprint density at radius 3 is 2.55 bits per heavy atom. The van der Waals surface area contributed by atoms with Gasteiger partial charge in [0.25, 0.3) is 0 Å². The summed E-state index contributed by atoms with van der Waals surface area (Å²) in [6, 6.07) is 0. The molecule has 2 unspecified atom stereocenters. The largest absolute Gasteiger partial charge is 0.393 e. The third kappa shape index (κ3) is 10.4. The third-order valence-corrected chi connectivity index (χ3v) is 3.21. The summed E-state index contributed by atoms with van der Waals surface area (Å²) in [7, 11) is 1.15. The van der Waals surface area contributed by atoms with Crippen LogP contribution in [0.5, 0.6) is 0 Å². The second-order valence-electron chi connectivity index (χ2n) is 3.09. The standard InChI is InChI=1S/C9H21OP/c1-3-7-11-8-5-4-6-9(2)10/h9-11H,3-8H2,1-2H3. The molecule has 0 aliphatic heterocycles. The van der Waals surface area contributed by atoms with Gasteiger partial charge in [-0.3, -0.25) is 0 Å². The van der Waals surface area contributed by atoms with Crippen LogP contribution in [-0.4, -0.2) is 23.5 Å². The zero-order chi connectivity index (χ0) is 8.53. The van der Waals surface area contributed by atoms with Gasteiger partial charge in [0.1, 0.15) is 0 Å². The third-order valence-electron chi connectivity index (χ3n) is 1.65. The summed E-state index contributed by atoms with van der Waals surface area (Å²) in [5, 5.41) is 8.96. The van der Waals surface area contributed by atoms with Crippen LogP contribution in [0.3, 0.4) is 0 Å². The quantitative estimate of drug-likeness (QED) is 0.467. The van der Waals surface area contributed by atoms with E-state index in [4.69, 9.17) is 5.11 Å². The smallest absolute Gasteiger partial charge is 0.0512 e. The first kappa shape index (κ1) is 11.4. The molecule has 0 rings (SSSR count). The van der Waals surface area contributed by atoms with Crippen molar-refractivity contribution in [1.82, 2.24) is 0 Å². The van der Waals surface area contributed by atoms with E-state index < -0.39 is 0 Å². The van der Waals surface area contributed by atoms with Gasteiger partial charge in [-0.1, -0.05) is 19.8 Å². The first-order valence-corrected chi connectivity index (χ1v) is 6.07. The predicted octanol–water partition coefficient (Wildman–Crippen LogP) is 2.63. The summed E-state index contributed by atoms with van der Waals surface area (Å²) in [4.78, 5) is 0. The highest BCUT2D eigenvalue weighted by molar-refractivity contribution is 7.37. The lowest BCUT2D eigenvalue weighted by molar-refractivity contribution is 0.181. The van der Waals surface area contributed by atoms with Gasteiger partial charge in [-0.2, -0.15) is 0 Å². The molecule has 1 nitrogen and oxygen atoms in total. The highest BCUT2D eigenvalue weighted by atomic mass is 31.1. The summed E-state index contributed by atoms with van der Waals surface area (Å²) in [6.07, 6.45) is 7.50. The van der Waals surface area contributed by atoms with Crippen molar-refractivity contribution in [3.8, 4) is 0 Å². The van der Waals surface area contributed by atoms with E-state index in [1.807, 2.05) is 6.92 Å². The maximum absolute atomic E-state index is 8.96. The van der Waals surface area contributed by atoms with E-state index in [1.54, 1.807) is 0 Å². The molecule has 0 heterocycles. The van der Waals surface area contributed by atoms with E-state index in [2.05, 4.69) is 6.92 Å². The van der Waals surface area contributed by atoms with E-state index in [0.717, 1.165) is 15.0 Å². The maximum Gasteiger partial charge on any atom is 0.0512 e. The van der Waals surface area contributed by atoms with Gasteiger partial charge < -0.3 is 5.11 Å². The second kappa shape index (κ2) is 8.49. The molecule has 0 saturated heterocycles. The number of unbranched alkanes of at least 4 members (excludes halogenated alkanes) is 1. The van der Waals surface area contributed by atoms with Crippen molar-refractivity contribution in [3.63, 3.8) is 0 Å². The molecule has 11 heavy (non-hydrogen) atoms. The molecule has 0 amide bonds. The fourth-order valence-corrected chi connectivity index (χ4v) is 2.10. The number of rotatable bonds is 7. The summed E-state index contributed by atoms with van der Waals surface area (Å²) in [5.41, 5.74) is 0. The lowest BCUT2D eigenvalue weighted by Gasteiger charge is -2.02. The number of hydrogen-bond donors (Lipinski definition) is 1. The van der Waals surface area contributed by atoms with Crippen molar-refractivity contribution in [1.29, 1.82) is 0 Å². The summed E-state index contributed by atoms with van der Waals surface area (Å²) >= 11 is 0. The van der Waals surface area contributed by atoms with E-state index in [0.29, 0.717) is 0 Å². The van der Waals surface area contributed by atoms with Crippen LogP contribution in [0.2, 0.25) is 0 Å². The Morgan fingerprint density at radius 1 is 1.27 bits per heavy atom. The van der Waals surface area contributed by atoms with Crippen molar-refractivity contribution in [2.45, 2.75) is 45.6 Å². The molecule has 0 radical (unpaired) electrons. The zero-order valence-electron chi connectivity index (χ0n) is 7.77. The SMILES string of the molecule is CCCPCCCCC(C)O. The molecule has 0 saturated carbocycles. The number of aliphatic hydroxyl groups is 1. The molecular weight excluding hydrogens is 155 g/mol. The molecule has 0 fully saturated rings. The molecule has 0 aromatic heterocycles. The van der Waals surface area contributed by atoms with Crippen LogP contribution in [-0.2, 0) is 0 Å². The van der Waals surface area contributed by atoms with Crippen molar-refractivity contribution >= 4 is 8.58 Å². The molecule has 0 aliphatic carbocycles. The number of hydrogen-bond acceptors (Lipinski definition) is 1. The van der Waals surface area contributed by atoms with Crippen LogP contribution in [0.1, 0.15) is 39.5 Å². The topological polar surface area (TPSA) is 20.2 Å². The maximum atomic E-state index is 8.96. The molecule has 0 aromatic rings. The Hall–Kier alpha value is 0.390. The van der Waals surface area contributed by atoms with Crippen LogP contribution in [0.25, 0.3) is 0 Å². The average Bonchev–Trinajstić information content (AvgIpc) is 1.96. The lowest BCUT2D eigenvalue weighted by atomic mass is 10.2. The average molecular weight is 176 g/mol. The number of aliphatic hydroxyl groups excluding tert-OH is 1. The minimum Gasteiger partial charge on any atom is -0.393 e. The molecule has 2 atom stereocenters. The fourth-order valence-electron chi connectivity index (χ4n) is 0.992. The molecule has 0 aromatic carbocycles. The van der Waals surface area contributed by atoms with Gasteiger partial charge in [0, 0.05) is 0 Å².